The number of nitrogens with one attached hydrogen (secondary N) is 1. The number of para-hydroxylation sites is 3. The van der Waals surface area contributed by atoms with Gasteiger partial charge in [-0.15, -0.1) is 0 Å². The van der Waals surface area contributed by atoms with Crippen molar-refractivity contribution >= 4 is 28.2 Å². The number of benzene rings is 2. The molecule has 3 aromatic rings. The molecule has 0 saturated heterocycles. The lowest BCUT2D eigenvalue weighted by atomic mass is 10.1. The SMILES string of the molecule is Nc1ccccc1NC(=O)c1ccnc2ccccc12. The predicted octanol–water partition coefficient (Wildman–Crippen LogP) is 3.07. The van der Waals surface area contributed by atoms with Gasteiger partial charge in [0.05, 0.1) is 22.5 Å². The van der Waals surface area contributed by atoms with Gasteiger partial charge in [-0.3, -0.25) is 9.78 Å². The van der Waals surface area contributed by atoms with E-state index in [4.69, 9.17) is 5.73 Å². The van der Waals surface area contributed by atoms with E-state index in [0.717, 1.165) is 10.9 Å². The molecule has 1 heterocycles. The number of hydrogen-bond acceptors (Lipinski definition) is 3. The number of anilines is 2. The molecule has 0 radical (unpaired) electrons. The first-order valence-electron chi connectivity index (χ1n) is 6.25. The van der Waals surface area contributed by atoms with Crippen molar-refractivity contribution < 1.29 is 4.79 Å². The van der Waals surface area contributed by atoms with Crippen LogP contribution in [0.4, 0.5) is 11.4 Å². The van der Waals surface area contributed by atoms with E-state index in [-0.39, 0.29) is 5.91 Å². The van der Waals surface area contributed by atoms with E-state index in [0.29, 0.717) is 16.9 Å². The van der Waals surface area contributed by atoms with E-state index in [2.05, 4.69) is 10.3 Å². The van der Waals surface area contributed by atoms with Crippen LogP contribution in [0.5, 0.6) is 0 Å². The summed E-state index contributed by atoms with van der Waals surface area (Å²) in [5.41, 5.74) is 8.36. The molecule has 0 fully saturated rings. The molecule has 0 bridgehead atoms. The van der Waals surface area contributed by atoms with Gasteiger partial charge in [0.15, 0.2) is 0 Å². The standard InChI is InChI=1S/C16H13N3O/c17-13-6-2-4-8-15(13)19-16(20)12-9-10-18-14-7-3-1-5-11(12)14/h1-10H,17H2,(H,19,20). The zero-order valence-electron chi connectivity index (χ0n) is 10.7. The highest BCUT2D eigenvalue weighted by molar-refractivity contribution is 6.13. The molecule has 0 aliphatic carbocycles. The van der Waals surface area contributed by atoms with Crippen LogP contribution < -0.4 is 11.1 Å². The van der Waals surface area contributed by atoms with Gasteiger partial charge in [-0.2, -0.15) is 0 Å². The van der Waals surface area contributed by atoms with Crippen LogP contribution in [0, 0.1) is 0 Å². The van der Waals surface area contributed by atoms with E-state index in [1.165, 1.54) is 0 Å². The van der Waals surface area contributed by atoms with Gasteiger partial charge in [0.25, 0.3) is 5.91 Å². The Labute approximate surface area is 116 Å². The number of amides is 1. The first-order valence-corrected chi connectivity index (χ1v) is 6.25. The number of hydrogen-bond donors (Lipinski definition) is 2. The van der Waals surface area contributed by atoms with Crippen LogP contribution in [0.2, 0.25) is 0 Å². The van der Waals surface area contributed by atoms with Crippen molar-refractivity contribution in [3.63, 3.8) is 0 Å². The maximum absolute atomic E-state index is 12.4. The fourth-order valence-electron chi connectivity index (χ4n) is 2.09. The van der Waals surface area contributed by atoms with Crippen LogP contribution in [0.15, 0.2) is 60.8 Å². The Hall–Kier alpha value is -2.88. The summed E-state index contributed by atoms with van der Waals surface area (Å²) in [6, 6.07) is 16.4. The summed E-state index contributed by atoms with van der Waals surface area (Å²) in [7, 11) is 0. The second-order valence-electron chi connectivity index (χ2n) is 4.42. The molecule has 0 spiro atoms. The number of aromatic nitrogens is 1. The van der Waals surface area contributed by atoms with Crippen LogP contribution in [-0.2, 0) is 0 Å². The largest absolute Gasteiger partial charge is 0.397 e. The van der Waals surface area contributed by atoms with Crippen molar-refractivity contribution in [3.8, 4) is 0 Å². The fourth-order valence-corrected chi connectivity index (χ4v) is 2.09. The number of nitrogens with zero attached hydrogens (tertiary/aromatic N) is 1. The molecular formula is C16H13N3O. The zero-order valence-corrected chi connectivity index (χ0v) is 10.7. The average molecular weight is 263 g/mol. The van der Waals surface area contributed by atoms with Crippen LogP contribution in [-0.4, -0.2) is 10.9 Å². The van der Waals surface area contributed by atoms with Gasteiger partial charge >= 0.3 is 0 Å². The molecule has 1 aromatic heterocycles. The Morgan fingerprint density at radius 3 is 2.60 bits per heavy atom. The molecule has 0 unspecified atom stereocenters. The third-order valence-corrected chi connectivity index (χ3v) is 3.10. The Morgan fingerprint density at radius 2 is 1.75 bits per heavy atom. The fraction of sp³-hybridized carbons (Fsp3) is 0. The van der Waals surface area contributed by atoms with Crippen LogP contribution in [0.3, 0.4) is 0 Å². The predicted molar refractivity (Wildman–Crippen MR) is 80.6 cm³/mol. The number of nitrogens with two attached hydrogens (primary N) is 1. The van der Waals surface area contributed by atoms with Gasteiger partial charge in [-0.1, -0.05) is 30.3 Å². The number of rotatable bonds is 2. The lowest BCUT2D eigenvalue weighted by Gasteiger charge is -2.09. The minimum Gasteiger partial charge on any atom is -0.397 e. The Balaban J connectivity index is 1.99. The smallest absolute Gasteiger partial charge is 0.256 e. The summed E-state index contributed by atoms with van der Waals surface area (Å²) < 4.78 is 0. The quantitative estimate of drug-likeness (QED) is 0.698. The highest BCUT2D eigenvalue weighted by Crippen LogP contribution is 2.21. The minimum absolute atomic E-state index is 0.193. The Bertz CT molecular complexity index is 778. The summed E-state index contributed by atoms with van der Waals surface area (Å²) in [5, 5.41) is 3.65. The molecule has 0 aliphatic rings. The van der Waals surface area contributed by atoms with E-state index in [9.17, 15) is 4.79 Å². The summed E-state index contributed by atoms with van der Waals surface area (Å²) in [6.45, 7) is 0. The third-order valence-electron chi connectivity index (χ3n) is 3.10. The number of nitrogen functional groups attached to an aromatic ring is 1. The number of pyridine rings is 1. The topological polar surface area (TPSA) is 68.0 Å². The van der Waals surface area contributed by atoms with E-state index < -0.39 is 0 Å². The maximum Gasteiger partial charge on any atom is 0.256 e. The van der Waals surface area contributed by atoms with Gasteiger partial charge in [0.2, 0.25) is 0 Å². The molecule has 20 heavy (non-hydrogen) atoms. The zero-order chi connectivity index (χ0) is 13.9. The number of carbonyl (C=O) groups is 1. The lowest BCUT2D eigenvalue weighted by Crippen LogP contribution is -2.13. The average Bonchev–Trinajstić information content (AvgIpc) is 2.49. The van der Waals surface area contributed by atoms with Gasteiger partial charge in [-0.05, 0) is 24.3 Å². The molecule has 1 amide bonds. The number of fused-ring (bicyclic) bond motifs is 1. The Morgan fingerprint density at radius 1 is 1.00 bits per heavy atom. The molecular weight excluding hydrogens is 250 g/mol. The van der Waals surface area contributed by atoms with Crippen LogP contribution in [0.25, 0.3) is 10.9 Å². The molecule has 0 saturated carbocycles. The van der Waals surface area contributed by atoms with Crippen molar-refractivity contribution in [2.24, 2.45) is 0 Å². The lowest BCUT2D eigenvalue weighted by molar-refractivity contribution is 0.102. The minimum atomic E-state index is -0.193. The molecule has 0 atom stereocenters. The highest BCUT2D eigenvalue weighted by Gasteiger charge is 2.11. The van der Waals surface area contributed by atoms with Crippen molar-refractivity contribution in [3.05, 3.63) is 66.4 Å². The highest BCUT2D eigenvalue weighted by atomic mass is 16.1. The maximum atomic E-state index is 12.4. The van der Waals surface area contributed by atoms with Crippen molar-refractivity contribution in [1.29, 1.82) is 0 Å². The molecule has 0 aliphatic heterocycles. The summed E-state index contributed by atoms with van der Waals surface area (Å²) >= 11 is 0. The summed E-state index contributed by atoms with van der Waals surface area (Å²) in [6.07, 6.45) is 1.63. The first kappa shape index (κ1) is 12.2. The van der Waals surface area contributed by atoms with Crippen molar-refractivity contribution in [2.75, 3.05) is 11.1 Å². The van der Waals surface area contributed by atoms with Crippen LogP contribution >= 0.6 is 0 Å². The molecule has 4 nitrogen and oxygen atoms in total. The van der Waals surface area contributed by atoms with Gasteiger partial charge in [0, 0.05) is 11.6 Å². The Kier molecular flexibility index (Phi) is 3.05. The summed E-state index contributed by atoms with van der Waals surface area (Å²) in [4.78, 5) is 16.6. The van der Waals surface area contributed by atoms with E-state index in [1.54, 1.807) is 24.4 Å². The second-order valence-corrected chi connectivity index (χ2v) is 4.42. The molecule has 3 N–H and O–H groups in total. The second kappa shape index (κ2) is 5.01. The van der Waals surface area contributed by atoms with Crippen molar-refractivity contribution in [2.45, 2.75) is 0 Å². The van der Waals surface area contributed by atoms with E-state index >= 15 is 0 Å². The first-order chi connectivity index (χ1) is 9.75. The normalized spacial score (nSPS) is 10.4. The summed E-state index contributed by atoms with van der Waals surface area (Å²) in [5.74, 6) is -0.193. The number of carbonyl (C=O) groups excluding carboxylic acids is 1. The van der Waals surface area contributed by atoms with Gasteiger partial charge in [0.1, 0.15) is 0 Å². The molecule has 98 valence electrons. The third kappa shape index (κ3) is 2.19. The van der Waals surface area contributed by atoms with Crippen molar-refractivity contribution in [1.82, 2.24) is 4.98 Å². The van der Waals surface area contributed by atoms with Gasteiger partial charge in [-0.25, -0.2) is 0 Å². The van der Waals surface area contributed by atoms with E-state index in [1.807, 2.05) is 36.4 Å². The molecule has 3 rings (SSSR count). The molecule has 2 aromatic carbocycles. The molecule has 4 heteroatoms. The van der Waals surface area contributed by atoms with Crippen LogP contribution in [0.1, 0.15) is 10.4 Å². The monoisotopic (exact) mass is 263 g/mol. The van der Waals surface area contributed by atoms with Gasteiger partial charge < -0.3 is 11.1 Å².